The number of ether oxygens (including phenoxy) is 3. The van der Waals surface area contributed by atoms with Gasteiger partial charge in [-0.1, -0.05) is 31.7 Å². The second-order valence-corrected chi connectivity index (χ2v) is 5.96. The van der Waals surface area contributed by atoms with Gasteiger partial charge in [-0.25, -0.2) is 0 Å². The van der Waals surface area contributed by atoms with Crippen LogP contribution in [0.15, 0.2) is 18.2 Å². The van der Waals surface area contributed by atoms with E-state index in [2.05, 4.69) is 0 Å². The van der Waals surface area contributed by atoms with E-state index in [9.17, 15) is 0 Å². The Kier molecular flexibility index (Phi) is 4.99. The molecule has 3 rings (SSSR count). The van der Waals surface area contributed by atoms with Crippen LogP contribution in [0.5, 0.6) is 11.5 Å². The van der Waals surface area contributed by atoms with Gasteiger partial charge in [0.05, 0.1) is 18.8 Å². The molecule has 21 heavy (non-hydrogen) atoms. The average molecular weight is 291 g/mol. The molecule has 4 nitrogen and oxygen atoms in total. The van der Waals surface area contributed by atoms with Gasteiger partial charge in [0.15, 0.2) is 11.5 Å². The van der Waals surface area contributed by atoms with E-state index < -0.39 is 0 Å². The molecule has 1 heterocycles. The molecular formula is C17H25NO3. The molecule has 1 unspecified atom stereocenters. The van der Waals surface area contributed by atoms with Crippen LogP contribution in [0.1, 0.15) is 50.1 Å². The Morgan fingerprint density at radius 1 is 1.05 bits per heavy atom. The van der Waals surface area contributed by atoms with Crippen LogP contribution in [-0.4, -0.2) is 25.9 Å². The van der Waals surface area contributed by atoms with E-state index in [1.165, 1.54) is 38.5 Å². The van der Waals surface area contributed by atoms with Crippen LogP contribution in [-0.2, 0) is 4.74 Å². The van der Waals surface area contributed by atoms with Crippen molar-refractivity contribution >= 4 is 0 Å². The molecular weight excluding hydrogens is 266 g/mol. The standard InChI is InChI=1S/C17H25NO3/c18-15(12-21-14-5-3-1-2-4-6-14)13-7-8-16-17(11-13)20-10-9-19-16/h7-8,11,14-15H,1-6,9-10,12,18H2. The van der Waals surface area contributed by atoms with Crippen molar-refractivity contribution in [3.05, 3.63) is 23.8 Å². The molecule has 1 aliphatic heterocycles. The van der Waals surface area contributed by atoms with E-state index in [0.717, 1.165) is 17.1 Å². The molecule has 2 aliphatic rings. The van der Waals surface area contributed by atoms with Crippen LogP contribution in [0, 0.1) is 0 Å². The first-order valence-electron chi connectivity index (χ1n) is 8.09. The second kappa shape index (κ2) is 7.14. The van der Waals surface area contributed by atoms with Crippen LogP contribution in [0.2, 0.25) is 0 Å². The summed E-state index contributed by atoms with van der Waals surface area (Å²) in [5.74, 6) is 1.60. The first kappa shape index (κ1) is 14.7. The van der Waals surface area contributed by atoms with Crippen LogP contribution < -0.4 is 15.2 Å². The third-order valence-electron chi connectivity index (χ3n) is 4.31. The lowest BCUT2D eigenvalue weighted by Crippen LogP contribution is -2.22. The number of rotatable bonds is 4. The lowest BCUT2D eigenvalue weighted by Gasteiger charge is -2.22. The van der Waals surface area contributed by atoms with Crippen LogP contribution >= 0.6 is 0 Å². The maximum absolute atomic E-state index is 6.26. The maximum atomic E-state index is 6.26. The van der Waals surface area contributed by atoms with Gasteiger partial charge in [0.1, 0.15) is 13.2 Å². The fraction of sp³-hybridized carbons (Fsp3) is 0.647. The lowest BCUT2D eigenvalue weighted by molar-refractivity contribution is 0.0344. The molecule has 0 aromatic heterocycles. The summed E-state index contributed by atoms with van der Waals surface area (Å²) in [6.07, 6.45) is 7.98. The molecule has 1 fully saturated rings. The van der Waals surface area contributed by atoms with Crippen molar-refractivity contribution in [2.75, 3.05) is 19.8 Å². The third-order valence-corrected chi connectivity index (χ3v) is 4.31. The number of hydrogen-bond donors (Lipinski definition) is 1. The van der Waals surface area contributed by atoms with Crippen molar-refractivity contribution < 1.29 is 14.2 Å². The van der Waals surface area contributed by atoms with Crippen molar-refractivity contribution in [3.63, 3.8) is 0 Å². The first-order valence-corrected chi connectivity index (χ1v) is 8.09. The Morgan fingerprint density at radius 3 is 2.52 bits per heavy atom. The number of benzene rings is 1. The summed E-state index contributed by atoms with van der Waals surface area (Å²) in [6.45, 7) is 1.79. The minimum Gasteiger partial charge on any atom is -0.486 e. The second-order valence-electron chi connectivity index (χ2n) is 5.96. The average Bonchev–Trinajstić information content (AvgIpc) is 2.81. The fourth-order valence-corrected chi connectivity index (χ4v) is 3.04. The summed E-state index contributed by atoms with van der Waals surface area (Å²) in [4.78, 5) is 0. The van der Waals surface area contributed by atoms with Gasteiger partial charge in [-0.2, -0.15) is 0 Å². The molecule has 1 aromatic rings. The molecule has 0 saturated heterocycles. The smallest absolute Gasteiger partial charge is 0.161 e. The first-order chi connectivity index (χ1) is 10.3. The lowest BCUT2D eigenvalue weighted by atomic mass is 10.1. The van der Waals surface area contributed by atoms with E-state index >= 15 is 0 Å². The summed E-state index contributed by atoms with van der Waals surface area (Å²) in [5.41, 5.74) is 7.31. The van der Waals surface area contributed by atoms with Crippen LogP contribution in [0.4, 0.5) is 0 Å². The van der Waals surface area contributed by atoms with Gasteiger partial charge in [-0.3, -0.25) is 0 Å². The highest BCUT2D eigenvalue weighted by Gasteiger charge is 2.17. The van der Waals surface area contributed by atoms with E-state index in [1.807, 2.05) is 18.2 Å². The van der Waals surface area contributed by atoms with Gasteiger partial charge < -0.3 is 19.9 Å². The highest BCUT2D eigenvalue weighted by Crippen LogP contribution is 2.32. The number of nitrogens with two attached hydrogens (primary N) is 1. The van der Waals surface area contributed by atoms with Crippen molar-refractivity contribution in [2.24, 2.45) is 5.73 Å². The highest BCUT2D eigenvalue weighted by molar-refractivity contribution is 5.44. The summed E-state index contributed by atoms with van der Waals surface area (Å²) in [7, 11) is 0. The zero-order valence-corrected chi connectivity index (χ0v) is 12.6. The molecule has 4 heteroatoms. The minimum absolute atomic E-state index is 0.107. The molecule has 1 aromatic carbocycles. The predicted molar refractivity (Wildman–Crippen MR) is 81.8 cm³/mol. The number of hydrogen-bond acceptors (Lipinski definition) is 4. The van der Waals surface area contributed by atoms with Crippen LogP contribution in [0.3, 0.4) is 0 Å². The summed E-state index contributed by atoms with van der Waals surface area (Å²) < 4.78 is 17.2. The van der Waals surface area contributed by atoms with Gasteiger partial charge in [-0.15, -0.1) is 0 Å². The zero-order valence-electron chi connectivity index (χ0n) is 12.6. The van der Waals surface area contributed by atoms with E-state index in [1.54, 1.807) is 0 Å². The minimum atomic E-state index is -0.107. The Morgan fingerprint density at radius 2 is 1.76 bits per heavy atom. The highest BCUT2D eigenvalue weighted by atomic mass is 16.6. The monoisotopic (exact) mass is 291 g/mol. The Bertz CT molecular complexity index is 455. The molecule has 2 N–H and O–H groups in total. The summed E-state index contributed by atoms with van der Waals surface area (Å²) in [5, 5.41) is 0. The Balaban J connectivity index is 1.56. The third kappa shape index (κ3) is 3.89. The van der Waals surface area contributed by atoms with E-state index in [0.29, 0.717) is 25.9 Å². The number of fused-ring (bicyclic) bond motifs is 1. The molecule has 0 radical (unpaired) electrons. The van der Waals surface area contributed by atoms with Gasteiger partial charge in [-0.05, 0) is 30.5 Å². The molecule has 0 amide bonds. The van der Waals surface area contributed by atoms with Crippen LogP contribution in [0.25, 0.3) is 0 Å². The summed E-state index contributed by atoms with van der Waals surface area (Å²) in [6, 6.07) is 5.82. The van der Waals surface area contributed by atoms with Crippen molar-refractivity contribution in [1.82, 2.24) is 0 Å². The topological polar surface area (TPSA) is 53.7 Å². The molecule has 116 valence electrons. The van der Waals surface area contributed by atoms with Gasteiger partial charge >= 0.3 is 0 Å². The van der Waals surface area contributed by atoms with E-state index in [4.69, 9.17) is 19.9 Å². The predicted octanol–water partition coefficient (Wildman–Crippen LogP) is 3.20. The largest absolute Gasteiger partial charge is 0.486 e. The molecule has 0 bridgehead atoms. The van der Waals surface area contributed by atoms with Gasteiger partial charge in [0, 0.05) is 0 Å². The zero-order chi connectivity index (χ0) is 14.5. The Labute approximate surface area is 126 Å². The maximum Gasteiger partial charge on any atom is 0.161 e. The molecule has 1 atom stereocenters. The van der Waals surface area contributed by atoms with Crippen molar-refractivity contribution in [3.8, 4) is 11.5 Å². The summed E-state index contributed by atoms with van der Waals surface area (Å²) >= 11 is 0. The SMILES string of the molecule is NC(COC1CCCCCC1)c1ccc2c(c1)OCCO2. The Hall–Kier alpha value is -1.26. The normalized spacial score (nSPS) is 20.8. The quantitative estimate of drug-likeness (QED) is 0.866. The molecule has 1 saturated carbocycles. The van der Waals surface area contributed by atoms with Crippen molar-refractivity contribution in [2.45, 2.75) is 50.7 Å². The fourth-order valence-electron chi connectivity index (χ4n) is 3.04. The van der Waals surface area contributed by atoms with Gasteiger partial charge in [0.25, 0.3) is 0 Å². The molecule has 1 aliphatic carbocycles. The van der Waals surface area contributed by atoms with Gasteiger partial charge in [0.2, 0.25) is 0 Å². The van der Waals surface area contributed by atoms with Crippen molar-refractivity contribution in [1.29, 1.82) is 0 Å². The van der Waals surface area contributed by atoms with E-state index in [-0.39, 0.29) is 6.04 Å². The molecule has 0 spiro atoms.